The van der Waals surface area contributed by atoms with Gasteiger partial charge in [-0.2, -0.15) is 0 Å². The van der Waals surface area contributed by atoms with Crippen LogP contribution in [-0.2, 0) is 30.4 Å². The van der Waals surface area contributed by atoms with E-state index in [-0.39, 0.29) is 44.6 Å². The van der Waals surface area contributed by atoms with Crippen molar-refractivity contribution in [3.63, 3.8) is 0 Å². The van der Waals surface area contributed by atoms with Crippen LogP contribution in [0.25, 0.3) is 0 Å². The monoisotopic (exact) mass is 541 g/mol. The zero-order valence-corrected chi connectivity index (χ0v) is 20.8. The second-order valence-corrected chi connectivity index (χ2v) is 8.46. The highest BCUT2D eigenvalue weighted by atomic mass is 16.4. The van der Waals surface area contributed by atoms with Crippen molar-refractivity contribution in [3.05, 3.63) is 18.2 Å². The molecule has 0 spiro atoms. The number of aromatic nitrogens is 2. The van der Waals surface area contributed by atoms with E-state index in [9.17, 15) is 34.2 Å². The highest BCUT2D eigenvalue weighted by Gasteiger charge is 2.33. The van der Waals surface area contributed by atoms with E-state index in [0.717, 1.165) is 0 Å². The number of carbonyl (C=O) groups excluding carboxylic acids is 3. The predicted octanol–water partition coefficient (Wildman–Crippen LogP) is -3.88. The molecule has 0 aromatic carbocycles. The van der Waals surface area contributed by atoms with Crippen LogP contribution < -0.4 is 33.2 Å². The van der Waals surface area contributed by atoms with Crippen LogP contribution in [0.4, 0.5) is 0 Å². The molecule has 0 aliphatic carbocycles. The van der Waals surface area contributed by atoms with Gasteiger partial charge in [0.05, 0.1) is 18.5 Å². The van der Waals surface area contributed by atoms with E-state index in [1.165, 1.54) is 19.4 Å². The summed E-state index contributed by atoms with van der Waals surface area (Å²) in [5.74, 6) is -5.36. The van der Waals surface area contributed by atoms with E-state index in [1.807, 2.05) is 0 Å². The van der Waals surface area contributed by atoms with Gasteiger partial charge in [-0.3, -0.25) is 24.2 Å². The number of aliphatic imine (C=N–C) groups is 1. The second-order valence-electron chi connectivity index (χ2n) is 8.46. The fourth-order valence-electron chi connectivity index (χ4n) is 3.20. The van der Waals surface area contributed by atoms with E-state index in [0.29, 0.717) is 5.69 Å². The van der Waals surface area contributed by atoms with Crippen molar-refractivity contribution in [2.24, 2.45) is 22.2 Å². The van der Waals surface area contributed by atoms with Gasteiger partial charge in [0.1, 0.15) is 18.1 Å². The number of hydrogen-bond acceptors (Lipinski definition) is 9. The first-order chi connectivity index (χ1) is 17.8. The molecule has 1 aromatic rings. The van der Waals surface area contributed by atoms with Crippen molar-refractivity contribution in [1.82, 2.24) is 25.9 Å². The number of carboxylic acid groups (broad SMARTS) is 2. The lowest BCUT2D eigenvalue weighted by atomic mass is 10.1. The van der Waals surface area contributed by atoms with E-state index >= 15 is 0 Å². The smallest absolute Gasteiger partial charge is 0.326 e. The van der Waals surface area contributed by atoms with E-state index in [2.05, 4.69) is 30.9 Å². The number of aliphatic hydroxyl groups excluding tert-OH is 1. The van der Waals surface area contributed by atoms with Crippen LogP contribution in [0.2, 0.25) is 0 Å². The van der Waals surface area contributed by atoms with Crippen molar-refractivity contribution < 1.29 is 39.3 Å². The van der Waals surface area contributed by atoms with Gasteiger partial charge < -0.3 is 53.5 Å². The number of aliphatic carboxylic acids is 2. The van der Waals surface area contributed by atoms with Crippen LogP contribution in [0.1, 0.15) is 38.3 Å². The molecule has 0 saturated carbocycles. The number of amides is 3. The van der Waals surface area contributed by atoms with Crippen molar-refractivity contribution >= 4 is 35.6 Å². The maximum absolute atomic E-state index is 13.0. The lowest BCUT2D eigenvalue weighted by molar-refractivity contribution is -0.143. The summed E-state index contributed by atoms with van der Waals surface area (Å²) < 4.78 is 0. The van der Waals surface area contributed by atoms with E-state index in [1.54, 1.807) is 0 Å². The normalized spacial score (nSPS) is 14.7. The van der Waals surface area contributed by atoms with Crippen molar-refractivity contribution in [2.45, 2.75) is 69.3 Å². The fourth-order valence-corrected chi connectivity index (χ4v) is 3.20. The zero-order chi connectivity index (χ0) is 28.8. The molecule has 17 heteroatoms. The predicted molar refractivity (Wildman–Crippen MR) is 132 cm³/mol. The Labute approximate surface area is 217 Å². The first-order valence-electron chi connectivity index (χ1n) is 11.6. The molecule has 13 N–H and O–H groups in total. The van der Waals surface area contributed by atoms with Gasteiger partial charge in [-0.1, -0.05) is 0 Å². The number of guanidine groups is 1. The minimum atomic E-state index is -1.58. The summed E-state index contributed by atoms with van der Waals surface area (Å²) in [5, 5.41) is 35.4. The molecular weight excluding hydrogens is 506 g/mol. The number of carboxylic acids is 2. The molecule has 5 unspecified atom stereocenters. The number of aromatic amines is 1. The number of imidazole rings is 1. The minimum Gasteiger partial charge on any atom is -0.481 e. The first-order valence-corrected chi connectivity index (χ1v) is 11.6. The number of H-pyrrole nitrogens is 1. The number of aliphatic hydroxyl groups is 1. The maximum atomic E-state index is 13.0. The molecule has 0 aliphatic rings. The van der Waals surface area contributed by atoms with Gasteiger partial charge in [-0.05, 0) is 26.2 Å². The lowest BCUT2D eigenvalue weighted by Crippen LogP contribution is -2.60. The Balaban J connectivity index is 2.97. The van der Waals surface area contributed by atoms with Crippen LogP contribution in [0.3, 0.4) is 0 Å². The lowest BCUT2D eigenvalue weighted by Gasteiger charge is -2.26. The van der Waals surface area contributed by atoms with Crippen LogP contribution in [0.15, 0.2) is 17.5 Å². The highest BCUT2D eigenvalue weighted by Crippen LogP contribution is 2.05. The van der Waals surface area contributed by atoms with Gasteiger partial charge in [-0.15, -0.1) is 0 Å². The summed E-state index contributed by atoms with van der Waals surface area (Å²) in [7, 11) is 0. The Morgan fingerprint density at radius 3 is 2.21 bits per heavy atom. The van der Waals surface area contributed by atoms with Gasteiger partial charge in [0.15, 0.2) is 5.96 Å². The Morgan fingerprint density at radius 1 is 1.03 bits per heavy atom. The number of carbonyl (C=O) groups is 5. The Kier molecular flexibility index (Phi) is 13.2. The second kappa shape index (κ2) is 15.8. The molecule has 0 aliphatic heterocycles. The number of nitrogens with zero attached hydrogens (tertiary/aromatic N) is 2. The summed E-state index contributed by atoms with van der Waals surface area (Å²) >= 11 is 0. The standard InChI is InChI=1S/C21H35N9O8/c1-10(31)16(19(36)29-14(20(37)38)7-11-8-25-9-27-11)30-18(35)13(3-2-6-26-21(23)24)28-17(34)12(22)4-5-15(32)33/h8-10,12-14,16,31H,2-7,22H2,1H3,(H,25,27)(H,28,34)(H,29,36)(H,30,35)(H,32,33)(H,37,38)(H4,23,24,26). The fraction of sp³-hybridized carbons (Fsp3) is 0.571. The molecule has 1 heterocycles. The molecule has 1 aromatic heterocycles. The summed E-state index contributed by atoms with van der Waals surface area (Å²) in [6.45, 7) is 1.32. The largest absolute Gasteiger partial charge is 0.481 e. The molecule has 0 fully saturated rings. The van der Waals surface area contributed by atoms with Crippen LogP contribution >= 0.6 is 0 Å². The third-order valence-electron chi connectivity index (χ3n) is 5.24. The van der Waals surface area contributed by atoms with Gasteiger partial charge in [0.2, 0.25) is 17.7 Å². The number of nitrogens with one attached hydrogen (secondary N) is 4. The van der Waals surface area contributed by atoms with Crippen molar-refractivity contribution in [1.29, 1.82) is 0 Å². The van der Waals surface area contributed by atoms with Crippen molar-refractivity contribution in [3.8, 4) is 0 Å². The molecule has 0 radical (unpaired) electrons. The SMILES string of the molecule is CC(O)C(NC(=O)C(CCCN=C(N)N)NC(=O)C(N)CCC(=O)O)C(=O)NC(Cc1cnc[nH]1)C(=O)O. The summed E-state index contributed by atoms with van der Waals surface area (Å²) in [4.78, 5) is 71.0. The molecular formula is C21H35N9O8. The van der Waals surface area contributed by atoms with Gasteiger partial charge in [0, 0.05) is 31.3 Å². The van der Waals surface area contributed by atoms with Crippen LogP contribution in [0, 0.1) is 0 Å². The zero-order valence-electron chi connectivity index (χ0n) is 20.8. The molecule has 5 atom stereocenters. The third-order valence-corrected chi connectivity index (χ3v) is 5.24. The minimum absolute atomic E-state index is 0.00821. The highest BCUT2D eigenvalue weighted by molar-refractivity contribution is 5.94. The summed E-state index contributed by atoms with van der Waals surface area (Å²) in [6, 6.07) is -5.47. The van der Waals surface area contributed by atoms with Gasteiger partial charge in [-0.25, -0.2) is 9.78 Å². The van der Waals surface area contributed by atoms with E-state index in [4.69, 9.17) is 22.3 Å². The molecule has 0 bridgehead atoms. The number of hydrogen-bond donors (Lipinski definition) is 10. The average molecular weight is 542 g/mol. The molecule has 1 rings (SSSR count). The Hall–Kier alpha value is -4.25. The first kappa shape index (κ1) is 31.8. The molecule has 0 saturated heterocycles. The average Bonchev–Trinajstić information content (AvgIpc) is 3.34. The van der Waals surface area contributed by atoms with Gasteiger partial charge >= 0.3 is 11.9 Å². The Bertz CT molecular complexity index is 979. The summed E-state index contributed by atoms with van der Waals surface area (Å²) in [5.41, 5.74) is 16.7. The topological polar surface area (TPSA) is 301 Å². The van der Waals surface area contributed by atoms with E-state index < -0.39 is 59.9 Å². The van der Waals surface area contributed by atoms with Crippen LogP contribution in [-0.4, -0.2) is 97.7 Å². The molecule has 17 nitrogen and oxygen atoms in total. The molecule has 3 amide bonds. The maximum Gasteiger partial charge on any atom is 0.326 e. The van der Waals surface area contributed by atoms with Crippen LogP contribution in [0.5, 0.6) is 0 Å². The number of nitrogens with two attached hydrogens (primary N) is 3. The number of rotatable bonds is 17. The van der Waals surface area contributed by atoms with Crippen molar-refractivity contribution in [2.75, 3.05) is 6.54 Å². The molecule has 38 heavy (non-hydrogen) atoms. The quantitative estimate of drug-likeness (QED) is 0.0514. The Morgan fingerprint density at radius 2 is 1.68 bits per heavy atom. The third kappa shape index (κ3) is 11.7. The van der Waals surface area contributed by atoms with Gasteiger partial charge in [0.25, 0.3) is 0 Å². The molecule has 212 valence electrons. The summed E-state index contributed by atoms with van der Waals surface area (Å²) in [6.07, 6.45) is 0.786.